The fourth-order valence-corrected chi connectivity index (χ4v) is 4.53. The summed E-state index contributed by atoms with van der Waals surface area (Å²) in [5, 5.41) is 2.13. The number of fused-ring (bicyclic) bond motifs is 1. The maximum atomic E-state index is 5.95. The van der Waals surface area contributed by atoms with E-state index >= 15 is 0 Å². The predicted octanol–water partition coefficient (Wildman–Crippen LogP) is 5.78. The second-order valence-corrected chi connectivity index (χ2v) is 9.57. The van der Waals surface area contributed by atoms with E-state index in [0.717, 1.165) is 65.1 Å². The van der Waals surface area contributed by atoms with Crippen molar-refractivity contribution in [3.8, 4) is 23.0 Å². The number of nitrogens with zero attached hydrogens (tertiary/aromatic N) is 1. The molecule has 40 heavy (non-hydrogen) atoms. The van der Waals surface area contributed by atoms with E-state index in [1.54, 1.807) is 7.11 Å². The molecule has 1 aromatic heterocycles. The van der Waals surface area contributed by atoms with Crippen molar-refractivity contribution < 1.29 is 28.4 Å². The predicted molar refractivity (Wildman–Crippen MR) is 153 cm³/mol. The Morgan fingerprint density at radius 3 is 2.33 bits per heavy atom. The number of methoxy groups -OCH3 is 1. The van der Waals surface area contributed by atoms with Gasteiger partial charge in [0.1, 0.15) is 31.3 Å². The van der Waals surface area contributed by atoms with Crippen molar-refractivity contribution in [3.63, 3.8) is 0 Å². The van der Waals surface area contributed by atoms with Crippen molar-refractivity contribution in [1.29, 1.82) is 0 Å². The number of ether oxygens (including phenoxy) is 6. The van der Waals surface area contributed by atoms with Gasteiger partial charge >= 0.3 is 0 Å². The van der Waals surface area contributed by atoms with E-state index in [9.17, 15) is 0 Å². The van der Waals surface area contributed by atoms with Gasteiger partial charge in [-0.25, -0.2) is 0 Å². The van der Waals surface area contributed by atoms with Gasteiger partial charge in [0.05, 0.1) is 25.1 Å². The Bertz CT molecular complexity index is 1390. The van der Waals surface area contributed by atoms with Crippen molar-refractivity contribution >= 4 is 10.8 Å². The van der Waals surface area contributed by atoms with Crippen LogP contribution in [0.5, 0.6) is 23.0 Å². The number of aromatic nitrogens is 1. The lowest BCUT2D eigenvalue weighted by Crippen LogP contribution is -2.22. The van der Waals surface area contributed by atoms with Gasteiger partial charge in [0.25, 0.3) is 0 Å². The highest BCUT2D eigenvalue weighted by Gasteiger charge is 2.15. The fraction of sp³-hybridized carbons (Fsp3) is 0.344. The lowest BCUT2D eigenvalue weighted by atomic mass is 10.1. The van der Waals surface area contributed by atoms with E-state index < -0.39 is 0 Å². The molecule has 0 bridgehead atoms. The van der Waals surface area contributed by atoms with Crippen LogP contribution in [-0.4, -0.2) is 38.2 Å². The van der Waals surface area contributed by atoms with Crippen molar-refractivity contribution in [2.45, 2.75) is 45.3 Å². The van der Waals surface area contributed by atoms with Crippen LogP contribution in [0.4, 0.5) is 0 Å². The molecule has 0 radical (unpaired) electrons. The highest BCUT2D eigenvalue weighted by Crippen LogP contribution is 2.29. The summed E-state index contributed by atoms with van der Waals surface area (Å²) in [6, 6.07) is 23.6. The number of hydrogen-bond donors (Lipinski definition) is 1. The average Bonchev–Trinajstić information content (AvgIpc) is 3.01. The molecule has 0 amide bonds. The molecule has 5 rings (SSSR count). The van der Waals surface area contributed by atoms with Gasteiger partial charge in [-0.1, -0.05) is 24.3 Å². The van der Waals surface area contributed by atoms with Crippen LogP contribution >= 0.6 is 0 Å². The molecule has 3 aromatic carbocycles. The van der Waals surface area contributed by atoms with Gasteiger partial charge in [0, 0.05) is 13.2 Å². The first-order chi connectivity index (χ1) is 19.7. The number of nitrogens with two attached hydrogens (primary N) is 1. The van der Waals surface area contributed by atoms with Crippen molar-refractivity contribution in [2.24, 2.45) is 5.73 Å². The van der Waals surface area contributed by atoms with Crippen molar-refractivity contribution in [2.75, 3.05) is 26.9 Å². The lowest BCUT2D eigenvalue weighted by Gasteiger charge is -2.22. The molecule has 1 saturated heterocycles. The summed E-state index contributed by atoms with van der Waals surface area (Å²) in [7, 11) is 1.63. The number of rotatable bonds is 13. The molecule has 2 heterocycles. The highest BCUT2D eigenvalue weighted by molar-refractivity contribution is 5.85. The SMILES string of the molecule is COc1cc(COC2CCCCO2)ccc1OCCOc1ccc2cc(OCc3cccc(CN)n3)ccc2c1. The Kier molecular flexibility index (Phi) is 9.68. The molecule has 0 aliphatic carbocycles. The molecule has 0 saturated carbocycles. The van der Waals surface area contributed by atoms with Crippen LogP contribution in [0.1, 0.15) is 36.2 Å². The number of benzene rings is 3. The first kappa shape index (κ1) is 27.7. The second-order valence-electron chi connectivity index (χ2n) is 9.57. The van der Waals surface area contributed by atoms with Crippen LogP contribution in [0.3, 0.4) is 0 Å². The molecule has 1 aliphatic rings. The molecule has 0 spiro atoms. The molecule has 1 aliphatic heterocycles. The minimum Gasteiger partial charge on any atom is -0.493 e. The molecule has 4 aromatic rings. The van der Waals surface area contributed by atoms with E-state index in [4.69, 9.17) is 34.2 Å². The summed E-state index contributed by atoms with van der Waals surface area (Å²) >= 11 is 0. The summed E-state index contributed by atoms with van der Waals surface area (Å²) < 4.78 is 34.9. The smallest absolute Gasteiger partial charge is 0.161 e. The molecular weight excluding hydrogens is 508 g/mol. The Morgan fingerprint density at radius 1 is 0.800 bits per heavy atom. The lowest BCUT2D eigenvalue weighted by molar-refractivity contribution is -0.168. The molecule has 2 N–H and O–H groups in total. The number of pyridine rings is 1. The van der Waals surface area contributed by atoms with Gasteiger partial charge < -0.3 is 34.2 Å². The second kappa shape index (κ2) is 14.0. The first-order valence-electron chi connectivity index (χ1n) is 13.7. The van der Waals surface area contributed by atoms with Crippen LogP contribution in [0.15, 0.2) is 72.8 Å². The van der Waals surface area contributed by atoms with E-state index in [1.165, 1.54) is 0 Å². The third-order valence-corrected chi connectivity index (χ3v) is 6.65. The molecule has 8 heteroatoms. The average molecular weight is 545 g/mol. The topological polar surface area (TPSA) is 94.3 Å². The van der Waals surface area contributed by atoms with Gasteiger partial charge in [-0.15, -0.1) is 0 Å². The third-order valence-electron chi connectivity index (χ3n) is 6.65. The Labute approximate surface area is 234 Å². The van der Waals surface area contributed by atoms with E-state index in [1.807, 2.05) is 72.8 Å². The van der Waals surface area contributed by atoms with Crippen LogP contribution < -0.4 is 24.7 Å². The van der Waals surface area contributed by atoms with Gasteiger partial charge in [0.2, 0.25) is 0 Å². The molecular formula is C32H36N2O6. The van der Waals surface area contributed by atoms with Crippen molar-refractivity contribution in [3.05, 3.63) is 89.7 Å². The highest BCUT2D eigenvalue weighted by atomic mass is 16.7. The summed E-state index contributed by atoms with van der Waals surface area (Å²) in [4.78, 5) is 4.48. The van der Waals surface area contributed by atoms with Crippen LogP contribution in [0, 0.1) is 0 Å². The Morgan fingerprint density at radius 2 is 1.57 bits per heavy atom. The van der Waals surface area contributed by atoms with Crippen LogP contribution in [0.2, 0.25) is 0 Å². The summed E-state index contributed by atoms with van der Waals surface area (Å²) in [5.74, 6) is 2.89. The zero-order chi connectivity index (χ0) is 27.6. The zero-order valence-electron chi connectivity index (χ0n) is 22.8. The molecule has 210 valence electrons. The minimum atomic E-state index is -0.124. The number of hydrogen-bond acceptors (Lipinski definition) is 8. The Balaban J connectivity index is 1.09. The molecule has 1 unspecified atom stereocenters. The van der Waals surface area contributed by atoms with Crippen molar-refractivity contribution in [1.82, 2.24) is 4.98 Å². The molecule has 8 nitrogen and oxygen atoms in total. The third kappa shape index (κ3) is 7.63. The standard InChI is InChI=1S/C32H36N2O6/c1-35-31-17-23(21-40-32-7-2-3-14-38-32)8-13-30(31)37-16-15-36-28-11-9-25-19-29(12-10-24(25)18-28)39-22-27-6-4-5-26(20-33)34-27/h4-6,8-13,17-19,32H,2-3,7,14-16,20-22,33H2,1H3. The maximum Gasteiger partial charge on any atom is 0.161 e. The van der Waals surface area contributed by atoms with E-state index in [2.05, 4.69) is 4.98 Å². The minimum absolute atomic E-state index is 0.124. The van der Waals surface area contributed by atoms with Gasteiger partial charge in [-0.2, -0.15) is 0 Å². The first-order valence-corrected chi connectivity index (χ1v) is 13.7. The van der Waals surface area contributed by atoms with Crippen LogP contribution in [-0.2, 0) is 29.2 Å². The maximum absolute atomic E-state index is 5.95. The van der Waals surface area contributed by atoms with Gasteiger partial charge in [0.15, 0.2) is 17.8 Å². The zero-order valence-corrected chi connectivity index (χ0v) is 22.8. The monoisotopic (exact) mass is 544 g/mol. The largest absolute Gasteiger partial charge is 0.493 e. The normalized spacial score (nSPS) is 15.1. The van der Waals surface area contributed by atoms with E-state index in [0.29, 0.717) is 44.5 Å². The fourth-order valence-electron chi connectivity index (χ4n) is 4.53. The van der Waals surface area contributed by atoms with Crippen LogP contribution in [0.25, 0.3) is 10.8 Å². The Hall–Kier alpha value is -3.85. The molecule has 1 atom stereocenters. The van der Waals surface area contributed by atoms with E-state index in [-0.39, 0.29) is 6.29 Å². The summed E-state index contributed by atoms with van der Waals surface area (Å²) in [6.45, 7) is 2.81. The van der Waals surface area contributed by atoms with Gasteiger partial charge in [-0.3, -0.25) is 4.98 Å². The summed E-state index contributed by atoms with van der Waals surface area (Å²) in [5.41, 5.74) is 8.39. The van der Waals surface area contributed by atoms with Gasteiger partial charge in [-0.05, 0) is 84.1 Å². The molecule has 1 fully saturated rings. The summed E-state index contributed by atoms with van der Waals surface area (Å²) in [6.07, 6.45) is 3.06. The quantitative estimate of drug-likeness (QED) is 0.212.